The highest BCUT2D eigenvalue weighted by atomic mass is 16.5. The molecule has 6 N–H and O–H groups in total. The summed E-state index contributed by atoms with van der Waals surface area (Å²) in [6, 6.07) is 8.18. The molecule has 0 aliphatic heterocycles. The number of aryl methyl sites for hydroxylation is 2. The van der Waals surface area contributed by atoms with Crippen molar-refractivity contribution < 1.29 is 23.5 Å². The summed E-state index contributed by atoms with van der Waals surface area (Å²) in [4.78, 5) is 47.1. The van der Waals surface area contributed by atoms with Gasteiger partial charge in [-0.15, -0.1) is 6.42 Å². The van der Waals surface area contributed by atoms with Crippen LogP contribution in [0.25, 0.3) is 33.0 Å². The minimum atomic E-state index is -0.670. The molecule has 0 saturated heterocycles. The van der Waals surface area contributed by atoms with Gasteiger partial charge in [-0.2, -0.15) is 5.10 Å². The van der Waals surface area contributed by atoms with Gasteiger partial charge in [0.2, 0.25) is 17.8 Å². The predicted molar refractivity (Wildman–Crippen MR) is 180 cm³/mol. The van der Waals surface area contributed by atoms with E-state index < -0.39 is 17.7 Å². The summed E-state index contributed by atoms with van der Waals surface area (Å²) in [7, 11) is 3.25. The van der Waals surface area contributed by atoms with Crippen molar-refractivity contribution in [3.05, 3.63) is 70.8 Å². The molecule has 0 saturated carbocycles. The van der Waals surface area contributed by atoms with E-state index in [1.54, 1.807) is 51.2 Å². The number of benzene rings is 2. The fraction of sp³-hybridized carbons (Fsp3) is 0.212. The Hall–Kier alpha value is -6.56. The van der Waals surface area contributed by atoms with Gasteiger partial charge in [0.05, 0.1) is 34.9 Å². The van der Waals surface area contributed by atoms with Gasteiger partial charge >= 0.3 is 0 Å². The lowest BCUT2D eigenvalue weighted by molar-refractivity contribution is 0.0992. The summed E-state index contributed by atoms with van der Waals surface area (Å²) in [6.45, 7) is 4.27. The molecule has 4 heterocycles. The van der Waals surface area contributed by atoms with E-state index in [1.807, 2.05) is 21.3 Å². The number of nitrogens with two attached hydrogens (primary N) is 2. The molecule has 0 bridgehead atoms. The average molecular weight is 649 g/mol. The highest BCUT2D eigenvalue weighted by molar-refractivity contribution is 6.14. The van der Waals surface area contributed by atoms with E-state index in [-0.39, 0.29) is 35.9 Å². The maximum atomic E-state index is 13.5. The molecule has 2 aromatic carbocycles. The fourth-order valence-electron chi connectivity index (χ4n) is 5.76. The molecule has 0 aliphatic carbocycles. The van der Waals surface area contributed by atoms with Crippen LogP contribution in [0.15, 0.2) is 46.9 Å². The average Bonchev–Trinajstić information content (AvgIpc) is 3.80. The number of allylic oxidation sites excluding steroid dienone is 2. The van der Waals surface area contributed by atoms with Crippen LogP contribution < -0.4 is 26.8 Å². The number of methoxy groups -OCH3 is 1. The second-order valence-electron chi connectivity index (χ2n) is 11.0. The summed E-state index contributed by atoms with van der Waals surface area (Å²) in [5.74, 6) is 2.56. The Balaban J connectivity index is 1.42. The lowest BCUT2D eigenvalue weighted by Crippen LogP contribution is -2.20. The number of carbonyl (C=O) groups is 3. The van der Waals surface area contributed by atoms with Crippen molar-refractivity contribution >= 4 is 62.7 Å². The molecule has 0 atom stereocenters. The summed E-state index contributed by atoms with van der Waals surface area (Å²) >= 11 is 0. The van der Waals surface area contributed by atoms with Crippen LogP contribution in [0.1, 0.15) is 42.7 Å². The molecule has 0 aliphatic rings. The molecular weight excluding hydrogens is 616 g/mol. The first-order valence-electron chi connectivity index (χ1n) is 14.8. The van der Waals surface area contributed by atoms with Gasteiger partial charge in [-0.3, -0.25) is 19.7 Å². The van der Waals surface area contributed by atoms with Crippen LogP contribution in [-0.2, 0) is 19.6 Å². The lowest BCUT2D eigenvalue weighted by Gasteiger charge is -2.11. The van der Waals surface area contributed by atoms with Gasteiger partial charge in [0.1, 0.15) is 34.8 Å². The van der Waals surface area contributed by atoms with Gasteiger partial charge in [-0.05, 0) is 44.2 Å². The zero-order chi connectivity index (χ0) is 34.3. The smallest absolute Gasteiger partial charge is 0.276 e. The van der Waals surface area contributed by atoms with Crippen LogP contribution in [0.3, 0.4) is 0 Å². The zero-order valence-corrected chi connectivity index (χ0v) is 26.6. The number of ether oxygens (including phenoxy) is 1. The molecule has 0 radical (unpaired) electrons. The van der Waals surface area contributed by atoms with Crippen LogP contribution >= 0.6 is 0 Å². The number of fused-ring (bicyclic) bond motifs is 4. The first-order valence-corrected chi connectivity index (χ1v) is 14.8. The third-order valence-electron chi connectivity index (χ3n) is 7.77. The molecule has 6 rings (SSSR count). The predicted octanol–water partition coefficient (Wildman–Crippen LogP) is 3.34. The summed E-state index contributed by atoms with van der Waals surface area (Å²) in [5, 5.41) is 10.9. The van der Waals surface area contributed by atoms with E-state index in [1.165, 1.54) is 11.8 Å². The number of rotatable bonds is 11. The maximum absolute atomic E-state index is 13.5. The molecule has 3 amide bonds. The standard InChI is InChI=1S/C33H32N10O5/c1-6-9-43-24(12-17(2)40-43)31(46)39-33-38-23-16-21(30(35)45)28-20(13-18(3)48-28)26(23)41(33)10-7-8-11-42-27-22(37-32(42)36-4)14-19(29(34)44)15-25(27)47-5/h1,7-8,12-16H,9-11H2,2-5H3,(H2,34,44)(H2,35,45)(H,36,37)(H,38,39,46)/b8-7+. The monoisotopic (exact) mass is 648 g/mol. The van der Waals surface area contributed by atoms with Crippen molar-refractivity contribution in [1.29, 1.82) is 0 Å². The van der Waals surface area contributed by atoms with Crippen molar-refractivity contribution in [2.75, 3.05) is 24.8 Å². The number of hydrogen-bond acceptors (Lipinski definition) is 9. The highest BCUT2D eigenvalue weighted by Crippen LogP contribution is 2.34. The number of hydrogen-bond donors (Lipinski definition) is 4. The number of carbonyl (C=O) groups excluding carboxylic acids is 3. The van der Waals surface area contributed by atoms with Crippen molar-refractivity contribution in [1.82, 2.24) is 28.9 Å². The number of amides is 3. The third kappa shape index (κ3) is 5.45. The van der Waals surface area contributed by atoms with E-state index in [4.69, 9.17) is 32.0 Å². The van der Waals surface area contributed by atoms with Gasteiger partial charge in [0, 0.05) is 31.1 Å². The van der Waals surface area contributed by atoms with Gasteiger partial charge in [-0.1, -0.05) is 18.1 Å². The van der Waals surface area contributed by atoms with Crippen LogP contribution in [0.5, 0.6) is 5.75 Å². The third-order valence-corrected chi connectivity index (χ3v) is 7.77. The molecule has 244 valence electrons. The summed E-state index contributed by atoms with van der Waals surface area (Å²) < 4.78 is 16.6. The Morgan fingerprint density at radius 1 is 0.979 bits per heavy atom. The van der Waals surface area contributed by atoms with Crippen molar-refractivity contribution in [3.8, 4) is 18.1 Å². The Labute approximate surface area is 273 Å². The van der Waals surface area contributed by atoms with E-state index in [0.717, 1.165) is 0 Å². The highest BCUT2D eigenvalue weighted by Gasteiger charge is 2.23. The number of nitrogens with zero attached hydrogens (tertiary/aromatic N) is 6. The molecule has 15 heteroatoms. The number of terminal acetylenes is 1. The van der Waals surface area contributed by atoms with Gasteiger partial charge < -0.3 is 35.1 Å². The Kier molecular flexibility index (Phi) is 8.07. The summed E-state index contributed by atoms with van der Waals surface area (Å²) in [6.07, 6.45) is 9.32. The fourth-order valence-corrected chi connectivity index (χ4v) is 5.76. The SMILES string of the molecule is C#CCn1nc(C)cc1C(=O)Nc1nc2cc(C(N)=O)c3oc(C)cc3c2n1C/C=C/Cn1c(NC)nc2cc(C(N)=O)cc(OC)c21. The molecule has 6 aromatic rings. The number of imidazole rings is 2. The first kappa shape index (κ1) is 31.4. The molecule has 0 fully saturated rings. The maximum Gasteiger partial charge on any atom is 0.276 e. The van der Waals surface area contributed by atoms with E-state index in [2.05, 4.69) is 26.6 Å². The normalized spacial score (nSPS) is 11.5. The Bertz CT molecular complexity index is 2350. The van der Waals surface area contributed by atoms with Crippen LogP contribution in [-0.4, -0.2) is 60.8 Å². The van der Waals surface area contributed by atoms with E-state index >= 15 is 0 Å². The number of nitrogens with one attached hydrogen (secondary N) is 2. The van der Waals surface area contributed by atoms with Crippen molar-refractivity contribution in [2.24, 2.45) is 11.5 Å². The minimum Gasteiger partial charge on any atom is -0.494 e. The minimum absolute atomic E-state index is 0.110. The van der Waals surface area contributed by atoms with E-state index in [9.17, 15) is 14.4 Å². The largest absolute Gasteiger partial charge is 0.494 e. The second-order valence-corrected chi connectivity index (χ2v) is 11.0. The van der Waals surface area contributed by atoms with Gasteiger partial charge in [0.25, 0.3) is 11.8 Å². The zero-order valence-electron chi connectivity index (χ0n) is 26.6. The van der Waals surface area contributed by atoms with Crippen LogP contribution in [0, 0.1) is 26.2 Å². The molecule has 0 unspecified atom stereocenters. The van der Waals surface area contributed by atoms with Crippen molar-refractivity contribution in [3.63, 3.8) is 0 Å². The second kappa shape index (κ2) is 12.3. The molecule has 15 nitrogen and oxygen atoms in total. The van der Waals surface area contributed by atoms with Crippen LogP contribution in [0.4, 0.5) is 11.9 Å². The molecule has 4 aromatic heterocycles. The molecule has 0 spiro atoms. The van der Waals surface area contributed by atoms with Crippen LogP contribution in [0.2, 0.25) is 0 Å². The first-order chi connectivity index (χ1) is 23.0. The van der Waals surface area contributed by atoms with E-state index in [0.29, 0.717) is 62.7 Å². The lowest BCUT2D eigenvalue weighted by atomic mass is 10.1. The summed E-state index contributed by atoms with van der Waals surface area (Å²) in [5.41, 5.74) is 15.2. The number of anilines is 2. The van der Waals surface area contributed by atoms with Crippen molar-refractivity contribution in [2.45, 2.75) is 33.5 Å². The number of primary amides is 2. The van der Waals surface area contributed by atoms with Gasteiger partial charge in [-0.25, -0.2) is 14.6 Å². The molecule has 48 heavy (non-hydrogen) atoms. The Morgan fingerprint density at radius 2 is 1.67 bits per heavy atom. The Morgan fingerprint density at radius 3 is 2.31 bits per heavy atom. The van der Waals surface area contributed by atoms with Gasteiger partial charge in [0.15, 0.2) is 0 Å². The quantitative estimate of drug-likeness (QED) is 0.120. The number of aromatic nitrogens is 6. The number of furan rings is 1. The topological polar surface area (TPSA) is 203 Å². The molecular formula is C33H32N10O5.